The monoisotopic (exact) mass is 185 g/mol. The molecule has 0 fully saturated rings. The standard InChI is InChI=1S/C10H11F2O/c1-6(2)10(13)9-7(11)4-3-5-8(9)12/h3-6,10H,1-2H3. The Kier molecular flexibility index (Phi) is 2.98. The van der Waals surface area contributed by atoms with Gasteiger partial charge in [-0.05, 0) is 18.1 Å². The van der Waals surface area contributed by atoms with E-state index in [1.54, 1.807) is 13.8 Å². The molecule has 0 aliphatic carbocycles. The summed E-state index contributed by atoms with van der Waals surface area (Å²) in [5.41, 5.74) is -0.350. The van der Waals surface area contributed by atoms with Gasteiger partial charge >= 0.3 is 0 Å². The van der Waals surface area contributed by atoms with Gasteiger partial charge in [0.2, 0.25) is 0 Å². The second kappa shape index (κ2) is 3.83. The van der Waals surface area contributed by atoms with Crippen molar-refractivity contribution in [2.75, 3.05) is 0 Å². The highest BCUT2D eigenvalue weighted by Crippen LogP contribution is 2.26. The normalized spacial score (nSPS) is 13.4. The Hall–Kier alpha value is -0.960. The van der Waals surface area contributed by atoms with E-state index < -0.39 is 17.7 Å². The summed E-state index contributed by atoms with van der Waals surface area (Å²) in [5.74, 6) is -1.83. The molecule has 0 heterocycles. The van der Waals surface area contributed by atoms with Crippen molar-refractivity contribution in [2.24, 2.45) is 5.92 Å². The van der Waals surface area contributed by atoms with Gasteiger partial charge in [0.15, 0.2) is 0 Å². The molecule has 1 unspecified atom stereocenters. The van der Waals surface area contributed by atoms with E-state index in [1.165, 1.54) is 6.07 Å². The zero-order chi connectivity index (χ0) is 10.0. The lowest BCUT2D eigenvalue weighted by atomic mass is 9.98. The van der Waals surface area contributed by atoms with Gasteiger partial charge < -0.3 is 0 Å². The molecule has 1 nitrogen and oxygen atoms in total. The minimum atomic E-state index is -1.33. The molecule has 0 aromatic heterocycles. The molecular weight excluding hydrogens is 174 g/mol. The smallest absolute Gasteiger partial charge is 0.132 e. The number of benzene rings is 1. The van der Waals surface area contributed by atoms with E-state index in [-0.39, 0.29) is 11.5 Å². The van der Waals surface area contributed by atoms with E-state index in [2.05, 4.69) is 0 Å². The highest BCUT2D eigenvalue weighted by Gasteiger charge is 2.21. The molecule has 0 spiro atoms. The predicted octanol–water partition coefficient (Wildman–Crippen LogP) is 3.09. The lowest BCUT2D eigenvalue weighted by Gasteiger charge is -2.13. The average Bonchev–Trinajstić information content (AvgIpc) is 2.03. The van der Waals surface area contributed by atoms with Crippen LogP contribution < -0.4 is 0 Å². The summed E-state index contributed by atoms with van der Waals surface area (Å²) >= 11 is 0. The Balaban J connectivity index is 3.12. The van der Waals surface area contributed by atoms with Crippen molar-refractivity contribution < 1.29 is 13.9 Å². The molecule has 0 aliphatic heterocycles. The van der Waals surface area contributed by atoms with Crippen LogP contribution in [-0.4, -0.2) is 0 Å². The summed E-state index contributed by atoms with van der Waals surface area (Å²) < 4.78 is 26.0. The molecule has 1 aromatic carbocycles. The highest BCUT2D eigenvalue weighted by molar-refractivity contribution is 5.22. The van der Waals surface area contributed by atoms with Crippen LogP contribution in [0.1, 0.15) is 25.5 Å². The third-order valence-corrected chi connectivity index (χ3v) is 1.89. The van der Waals surface area contributed by atoms with Gasteiger partial charge in [0, 0.05) is 0 Å². The average molecular weight is 185 g/mol. The maximum atomic E-state index is 13.0. The van der Waals surface area contributed by atoms with E-state index in [0.29, 0.717) is 0 Å². The topological polar surface area (TPSA) is 19.9 Å². The molecule has 1 aromatic rings. The van der Waals surface area contributed by atoms with E-state index in [9.17, 15) is 13.9 Å². The summed E-state index contributed by atoms with van der Waals surface area (Å²) in [5, 5.41) is 11.4. The van der Waals surface area contributed by atoms with E-state index in [4.69, 9.17) is 0 Å². The molecular formula is C10H11F2O. The molecule has 0 amide bonds. The van der Waals surface area contributed by atoms with Crippen LogP contribution in [-0.2, 0) is 5.11 Å². The Labute approximate surface area is 76.0 Å². The van der Waals surface area contributed by atoms with Crippen molar-refractivity contribution in [3.8, 4) is 0 Å². The molecule has 1 radical (unpaired) electrons. The Morgan fingerprint density at radius 2 is 1.62 bits per heavy atom. The third kappa shape index (κ3) is 2.04. The number of hydrogen-bond acceptors (Lipinski definition) is 0. The van der Waals surface area contributed by atoms with E-state index >= 15 is 0 Å². The molecule has 0 saturated carbocycles. The van der Waals surface area contributed by atoms with Crippen molar-refractivity contribution in [1.82, 2.24) is 0 Å². The Morgan fingerprint density at radius 1 is 1.15 bits per heavy atom. The molecule has 1 rings (SSSR count). The van der Waals surface area contributed by atoms with Crippen LogP contribution in [0.2, 0.25) is 0 Å². The van der Waals surface area contributed by atoms with Crippen LogP contribution in [0, 0.1) is 17.6 Å². The van der Waals surface area contributed by atoms with E-state index in [0.717, 1.165) is 12.1 Å². The van der Waals surface area contributed by atoms with Gasteiger partial charge in [0.25, 0.3) is 0 Å². The fourth-order valence-corrected chi connectivity index (χ4v) is 1.12. The lowest BCUT2D eigenvalue weighted by molar-refractivity contribution is 0.0427. The molecule has 0 aliphatic rings. The van der Waals surface area contributed by atoms with Crippen LogP contribution in [0.3, 0.4) is 0 Å². The fourth-order valence-electron chi connectivity index (χ4n) is 1.12. The molecule has 71 valence electrons. The fraction of sp³-hybridized carbons (Fsp3) is 0.400. The number of hydrogen-bond donors (Lipinski definition) is 0. The summed E-state index contributed by atoms with van der Waals surface area (Å²) in [7, 11) is 0. The van der Waals surface area contributed by atoms with Crippen molar-refractivity contribution in [2.45, 2.75) is 20.0 Å². The van der Waals surface area contributed by atoms with Gasteiger partial charge in [-0.25, -0.2) is 13.9 Å². The highest BCUT2D eigenvalue weighted by atomic mass is 19.1. The van der Waals surface area contributed by atoms with Gasteiger partial charge in [-0.2, -0.15) is 0 Å². The van der Waals surface area contributed by atoms with Gasteiger partial charge in [-0.1, -0.05) is 19.9 Å². The third-order valence-electron chi connectivity index (χ3n) is 1.89. The van der Waals surface area contributed by atoms with Crippen molar-refractivity contribution in [1.29, 1.82) is 0 Å². The minimum absolute atomic E-state index is 0.314. The number of halogens is 2. The largest absolute Gasteiger partial charge is 0.227 e. The van der Waals surface area contributed by atoms with Gasteiger partial charge in [-0.15, -0.1) is 0 Å². The van der Waals surface area contributed by atoms with Crippen molar-refractivity contribution in [3.05, 3.63) is 35.4 Å². The molecule has 0 bridgehead atoms. The zero-order valence-corrected chi connectivity index (χ0v) is 7.55. The Bertz CT molecular complexity index is 277. The summed E-state index contributed by atoms with van der Waals surface area (Å²) in [6.07, 6.45) is -1.33. The van der Waals surface area contributed by atoms with Crippen LogP contribution >= 0.6 is 0 Å². The SMILES string of the molecule is CC(C)C([O])c1c(F)cccc1F. The van der Waals surface area contributed by atoms with Gasteiger partial charge in [0.1, 0.15) is 17.7 Å². The van der Waals surface area contributed by atoms with Crippen LogP contribution in [0.15, 0.2) is 18.2 Å². The van der Waals surface area contributed by atoms with Gasteiger partial charge in [0.05, 0.1) is 5.56 Å². The maximum Gasteiger partial charge on any atom is 0.132 e. The first-order chi connectivity index (χ1) is 6.04. The maximum absolute atomic E-state index is 13.0. The quantitative estimate of drug-likeness (QED) is 0.674. The van der Waals surface area contributed by atoms with Crippen LogP contribution in [0.25, 0.3) is 0 Å². The molecule has 0 N–H and O–H groups in total. The second-order valence-electron chi connectivity index (χ2n) is 3.30. The molecule has 0 saturated heterocycles. The first-order valence-electron chi connectivity index (χ1n) is 4.13. The minimum Gasteiger partial charge on any atom is -0.227 e. The van der Waals surface area contributed by atoms with E-state index in [1.807, 2.05) is 0 Å². The summed E-state index contributed by atoms with van der Waals surface area (Å²) in [6, 6.07) is 3.46. The second-order valence-corrected chi connectivity index (χ2v) is 3.30. The lowest BCUT2D eigenvalue weighted by Crippen LogP contribution is -2.08. The predicted molar refractivity (Wildman–Crippen MR) is 44.6 cm³/mol. The summed E-state index contributed by atoms with van der Waals surface area (Å²) in [4.78, 5) is 0. The summed E-state index contributed by atoms with van der Waals surface area (Å²) in [6.45, 7) is 3.28. The van der Waals surface area contributed by atoms with Crippen molar-refractivity contribution >= 4 is 0 Å². The first-order valence-corrected chi connectivity index (χ1v) is 4.13. The van der Waals surface area contributed by atoms with Crippen molar-refractivity contribution in [3.63, 3.8) is 0 Å². The zero-order valence-electron chi connectivity index (χ0n) is 7.55. The molecule has 3 heteroatoms. The van der Waals surface area contributed by atoms with Gasteiger partial charge in [-0.3, -0.25) is 0 Å². The molecule has 13 heavy (non-hydrogen) atoms. The van der Waals surface area contributed by atoms with Crippen LogP contribution in [0.5, 0.6) is 0 Å². The van der Waals surface area contributed by atoms with Crippen LogP contribution in [0.4, 0.5) is 8.78 Å². The Morgan fingerprint density at radius 3 is 2.00 bits per heavy atom. The number of rotatable bonds is 2. The first kappa shape index (κ1) is 10.1. The molecule has 1 atom stereocenters.